The monoisotopic (exact) mass is 612 g/mol. The number of anilines is 2. The molecular formula is C38H36N4O4. The molecule has 4 atom stereocenters. The van der Waals surface area contributed by atoms with Crippen LogP contribution >= 0.6 is 0 Å². The molecule has 2 saturated heterocycles. The zero-order valence-electron chi connectivity index (χ0n) is 26.0. The Morgan fingerprint density at radius 2 is 0.826 bits per heavy atom. The Labute approximate surface area is 268 Å². The second kappa shape index (κ2) is 11.9. The molecule has 4 aromatic carbocycles. The van der Waals surface area contributed by atoms with E-state index in [1.54, 1.807) is 0 Å². The Balaban J connectivity index is 0.000000147. The zero-order chi connectivity index (χ0) is 31.9. The van der Waals surface area contributed by atoms with Crippen molar-refractivity contribution in [2.45, 2.75) is 24.9 Å². The second-order valence-corrected chi connectivity index (χ2v) is 12.5. The van der Waals surface area contributed by atoms with Crippen molar-refractivity contribution >= 4 is 35.0 Å². The Kier molecular flexibility index (Phi) is 7.64. The minimum atomic E-state index is -0.335. The molecule has 0 radical (unpaired) electrons. The molecule has 4 aromatic rings. The number of rotatable bonds is 4. The number of benzene rings is 4. The molecule has 46 heavy (non-hydrogen) atoms. The fourth-order valence-corrected chi connectivity index (χ4v) is 7.48. The molecule has 0 aliphatic carbocycles. The number of likely N-dealkylation sites (tertiary alicyclic amines) is 2. The molecule has 232 valence electrons. The van der Waals surface area contributed by atoms with E-state index in [9.17, 15) is 19.2 Å². The molecule has 0 N–H and O–H groups in total. The van der Waals surface area contributed by atoms with Gasteiger partial charge >= 0.3 is 0 Å². The summed E-state index contributed by atoms with van der Waals surface area (Å²) in [6.45, 7) is 1.91. The lowest BCUT2D eigenvalue weighted by Gasteiger charge is -2.33. The first-order valence-corrected chi connectivity index (χ1v) is 15.7. The van der Waals surface area contributed by atoms with Gasteiger partial charge < -0.3 is 9.80 Å². The molecule has 0 unspecified atom stereocenters. The number of para-hydroxylation sites is 2. The van der Waals surface area contributed by atoms with Crippen LogP contribution < -0.4 is 9.80 Å². The van der Waals surface area contributed by atoms with Crippen LogP contribution in [0.4, 0.5) is 11.4 Å². The van der Waals surface area contributed by atoms with Gasteiger partial charge in [-0.05, 0) is 34.4 Å². The number of hydrogen-bond acceptors (Lipinski definition) is 6. The van der Waals surface area contributed by atoms with E-state index in [-0.39, 0.29) is 47.3 Å². The zero-order valence-corrected chi connectivity index (χ0v) is 26.0. The van der Waals surface area contributed by atoms with Crippen molar-refractivity contribution < 1.29 is 19.2 Å². The maximum absolute atomic E-state index is 12.9. The summed E-state index contributed by atoms with van der Waals surface area (Å²) in [6, 6.07) is 35.2. The normalized spacial score (nSPS) is 23.0. The van der Waals surface area contributed by atoms with Gasteiger partial charge in [0.05, 0.1) is 36.8 Å². The highest BCUT2D eigenvalue weighted by Gasteiger charge is 2.52. The van der Waals surface area contributed by atoms with Crippen LogP contribution in [0.15, 0.2) is 109 Å². The summed E-state index contributed by atoms with van der Waals surface area (Å²) < 4.78 is 0. The standard InChI is InChI=1S/2C19H18N2O2/c2*1-20-12-15-17(14-9-5-6-10-16(14)20)19(23)21(18(15)22)11-13-7-3-2-4-8-13/h2*2-10,15,17H,11-12H2,1H3/t2*15-,17+/m00/s1. The molecule has 0 aromatic heterocycles. The lowest BCUT2D eigenvalue weighted by Crippen LogP contribution is -2.37. The molecule has 8 rings (SSSR count). The smallest absolute Gasteiger partial charge is 0.237 e. The van der Waals surface area contributed by atoms with Crippen molar-refractivity contribution in [1.29, 1.82) is 0 Å². The third kappa shape index (κ3) is 5.04. The first-order valence-electron chi connectivity index (χ1n) is 15.7. The van der Waals surface area contributed by atoms with Crippen molar-refractivity contribution in [2.24, 2.45) is 11.8 Å². The van der Waals surface area contributed by atoms with E-state index in [2.05, 4.69) is 9.80 Å². The highest BCUT2D eigenvalue weighted by atomic mass is 16.2. The summed E-state index contributed by atoms with van der Waals surface area (Å²) >= 11 is 0. The van der Waals surface area contributed by atoms with E-state index in [0.717, 1.165) is 33.6 Å². The number of hydrogen-bond donors (Lipinski definition) is 0. The summed E-state index contributed by atoms with van der Waals surface area (Å²) in [6.07, 6.45) is 0. The number of amides is 4. The van der Waals surface area contributed by atoms with Gasteiger partial charge in [0.25, 0.3) is 0 Å². The van der Waals surface area contributed by atoms with E-state index >= 15 is 0 Å². The highest BCUT2D eigenvalue weighted by molar-refractivity contribution is 6.10. The molecule has 8 heteroatoms. The van der Waals surface area contributed by atoms with E-state index in [0.29, 0.717) is 26.2 Å². The third-order valence-electron chi connectivity index (χ3n) is 9.71. The molecule has 8 nitrogen and oxygen atoms in total. The molecule has 4 aliphatic rings. The number of nitrogens with zero attached hydrogens (tertiary/aromatic N) is 4. The van der Waals surface area contributed by atoms with Gasteiger partial charge in [-0.3, -0.25) is 29.0 Å². The summed E-state index contributed by atoms with van der Waals surface area (Å²) in [7, 11) is 3.96. The lowest BCUT2D eigenvalue weighted by atomic mass is 9.83. The predicted molar refractivity (Wildman–Crippen MR) is 176 cm³/mol. The first-order chi connectivity index (χ1) is 22.3. The predicted octanol–water partition coefficient (Wildman–Crippen LogP) is 4.81. The largest absolute Gasteiger partial charge is 0.374 e. The maximum atomic E-state index is 12.9. The molecular weight excluding hydrogens is 576 g/mol. The molecule has 0 spiro atoms. The van der Waals surface area contributed by atoms with Crippen LogP contribution in [0.5, 0.6) is 0 Å². The summed E-state index contributed by atoms with van der Waals surface area (Å²) in [5.41, 5.74) is 6.01. The minimum absolute atomic E-state index is 0.0507. The molecule has 4 aliphatic heterocycles. The van der Waals surface area contributed by atoms with Gasteiger partial charge in [0, 0.05) is 38.6 Å². The average molecular weight is 613 g/mol. The van der Waals surface area contributed by atoms with Crippen LogP contribution in [0.25, 0.3) is 0 Å². The Morgan fingerprint density at radius 1 is 0.478 bits per heavy atom. The Bertz CT molecular complexity index is 1680. The van der Waals surface area contributed by atoms with Gasteiger partial charge in [0.1, 0.15) is 0 Å². The number of imide groups is 2. The van der Waals surface area contributed by atoms with Crippen molar-refractivity contribution in [2.75, 3.05) is 37.0 Å². The van der Waals surface area contributed by atoms with Gasteiger partial charge in [-0.25, -0.2) is 0 Å². The molecule has 0 bridgehead atoms. The van der Waals surface area contributed by atoms with Crippen LogP contribution in [0.2, 0.25) is 0 Å². The van der Waals surface area contributed by atoms with E-state index in [4.69, 9.17) is 0 Å². The van der Waals surface area contributed by atoms with Crippen molar-refractivity contribution in [3.05, 3.63) is 131 Å². The minimum Gasteiger partial charge on any atom is -0.374 e. The van der Waals surface area contributed by atoms with Crippen LogP contribution in [-0.4, -0.2) is 60.6 Å². The van der Waals surface area contributed by atoms with Crippen molar-refractivity contribution in [3.63, 3.8) is 0 Å². The highest BCUT2D eigenvalue weighted by Crippen LogP contribution is 2.45. The van der Waals surface area contributed by atoms with E-state index in [1.165, 1.54) is 9.80 Å². The fourth-order valence-electron chi connectivity index (χ4n) is 7.48. The number of carbonyl (C=O) groups excluding carboxylic acids is 4. The Morgan fingerprint density at radius 3 is 1.22 bits per heavy atom. The molecule has 4 amide bonds. The maximum Gasteiger partial charge on any atom is 0.237 e. The van der Waals surface area contributed by atoms with Crippen LogP contribution in [0.3, 0.4) is 0 Å². The van der Waals surface area contributed by atoms with Gasteiger partial charge in [0.15, 0.2) is 0 Å². The third-order valence-corrected chi connectivity index (χ3v) is 9.71. The summed E-state index contributed by atoms with van der Waals surface area (Å²) in [5.74, 6) is -1.45. The van der Waals surface area contributed by atoms with Crippen LogP contribution in [-0.2, 0) is 32.3 Å². The van der Waals surface area contributed by atoms with Crippen LogP contribution in [0.1, 0.15) is 34.1 Å². The van der Waals surface area contributed by atoms with E-state index in [1.807, 2.05) is 123 Å². The van der Waals surface area contributed by atoms with Gasteiger partial charge in [-0.1, -0.05) is 97.1 Å². The van der Waals surface area contributed by atoms with Crippen molar-refractivity contribution in [3.8, 4) is 0 Å². The molecule has 0 saturated carbocycles. The van der Waals surface area contributed by atoms with E-state index < -0.39 is 0 Å². The van der Waals surface area contributed by atoms with Crippen LogP contribution in [0, 0.1) is 11.8 Å². The number of carbonyl (C=O) groups is 4. The van der Waals surface area contributed by atoms with Gasteiger partial charge in [-0.2, -0.15) is 0 Å². The quantitative estimate of drug-likeness (QED) is 0.308. The topological polar surface area (TPSA) is 81.2 Å². The fraction of sp³-hybridized carbons (Fsp3) is 0.263. The summed E-state index contributed by atoms with van der Waals surface area (Å²) in [4.78, 5) is 58.4. The van der Waals surface area contributed by atoms with Crippen molar-refractivity contribution in [1.82, 2.24) is 9.80 Å². The number of fused-ring (bicyclic) bond motifs is 6. The molecule has 2 fully saturated rings. The first kappa shape index (κ1) is 29.5. The SMILES string of the molecule is CN1C[C@@H]2C(=O)N(Cc3ccccc3)C(=O)[C@@H]2c2ccccc21.CN1C[C@@H]2C(=O)N(Cc3ccccc3)C(=O)[C@@H]2c2ccccc21. The molecule has 4 heterocycles. The van der Waals surface area contributed by atoms with Gasteiger partial charge in [0.2, 0.25) is 23.6 Å². The lowest BCUT2D eigenvalue weighted by molar-refractivity contribution is -0.141. The summed E-state index contributed by atoms with van der Waals surface area (Å²) in [5, 5.41) is 0. The second-order valence-electron chi connectivity index (χ2n) is 12.5. The average Bonchev–Trinajstić information content (AvgIpc) is 3.46. The Hall–Kier alpha value is -5.24. The van der Waals surface area contributed by atoms with Gasteiger partial charge in [-0.15, -0.1) is 0 Å².